The van der Waals surface area contributed by atoms with Crippen LogP contribution in [-0.2, 0) is 13.0 Å². The number of amides is 1. The van der Waals surface area contributed by atoms with E-state index in [1.54, 1.807) is 34.0 Å². The predicted molar refractivity (Wildman–Crippen MR) is 77.4 cm³/mol. The summed E-state index contributed by atoms with van der Waals surface area (Å²) in [5, 5.41) is 4.90. The van der Waals surface area contributed by atoms with Gasteiger partial charge >= 0.3 is 0 Å². The summed E-state index contributed by atoms with van der Waals surface area (Å²) in [4.78, 5) is 14.4. The first-order valence-electron chi connectivity index (χ1n) is 6.70. The van der Waals surface area contributed by atoms with Crippen molar-refractivity contribution in [3.8, 4) is 0 Å². The Morgan fingerprint density at radius 2 is 2.24 bits per heavy atom. The Hall–Kier alpha value is -2.27. The molecule has 0 radical (unpaired) electrons. The highest BCUT2D eigenvalue weighted by atomic mass is 35.5. The number of hydrogen-bond acceptors (Lipinski definition) is 3. The molecule has 1 aliphatic heterocycles. The molecular weight excluding hydrogens is 290 g/mol. The molecule has 0 spiro atoms. The van der Waals surface area contributed by atoms with Gasteiger partial charge in [0.2, 0.25) is 0 Å². The largest absolute Gasteiger partial charge is 0.469 e. The monoisotopic (exact) mass is 301 g/mol. The zero-order valence-electron chi connectivity index (χ0n) is 11.1. The second kappa shape index (κ2) is 4.63. The summed E-state index contributed by atoms with van der Waals surface area (Å²) >= 11 is 5.93. The maximum atomic E-state index is 12.6. The maximum Gasteiger partial charge on any atom is 0.274 e. The molecule has 0 bridgehead atoms. The average molecular weight is 302 g/mol. The van der Waals surface area contributed by atoms with Crippen LogP contribution in [-0.4, -0.2) is 27.0 Å². The van der Waals surface area contributed by atoms with Crippen LogP contribution < -0.4 is 0 Å². The Labute approximate surface area is 125 Å². The lowest BCUT2D eigenvalue weighted by Gasteiger charge is -2.25. The Kier molecular flexibility index (Phi) is 2.75. The lowest BCUT2D eigenvalue weighted by molar-refractivity contribution is 0.0723. The van der Waals surface area contributed by atoms with Crippen molar-refractivity contribution in [2.24, 2.45) is 0 Å². The first kappa shape index (κ1) is 12.5. The first-order chi connectivity index (χ1) is 10.2. The number of furan rings is 1. The van der Waals surface area contributed by atoms with Gasteiger partial charge in [-0.1, -0.05) is 11.6 Å². The van der Waals surface area contributed by atoms with Crippen LogP contribution >= 0.6 is 11.6 Å². The molecule has 4 heterocycles. The van der Waals surface area contributed by atoms with Gasteiger partial charge < -0.3 is 9.32 Å². The van der Waals surface area contributed by atoms with Crippen LogP contribution in [0.5, 0.6) is 0 Å². The number of halogens is 1. The molecule has 3 aromatic heterocycles. The number of aromatic nitrogens is 2. The van der Waals surface area contributed by atoms with Gasteiger partial charge in [-0.25, -0.2) is 4.52 Å². The zero-order valence-corrected chi connectivity index (χ0v) is 11.9. The zero-order chi connectivity index (χ0) is 14.4. The molecule has 106 valence electrons. The van der Waals surface area contributed by atoms with Crippen LogP contribution in [0.15, 0.2) is 41.1 Å². The molecule has 21 heavy (non-hydrogen) atoms. The van der Waals surface area contributed by atoms with Gasteiger partial charge in [0.25, 0.3) is 5.91 Å². The summed E-state index contributed by atoms with van der Waals surface area (Å²) in [6.45, 7) is 1.22. The van der Waals surface area contributed by atoms with Crippen LogP contribution in [0.3, 0.4) is 0 Å². The van der Waals surface area contributed by atoms with E-state index in [0.717, 1.165) is 23.3 Å². The molecule has 0 saturated carbocycles. The Morgan fingerprint density at radius 1 is 1.33 bits per heavy atom. The molecule has 1 aliphatic rings. The van der Waals surface area contributed by atoms with Crippen molar-refractivity contribution >= 4 is 23.0 Å². The molecule has 0 N–H and O–H groups in total. The van der Waals surface area contributed by atoms with Gasteiger partial charge in [0.1, 0.15) is 5.76 Å². The summed E-state index contributed by atoms with van der Waals surface area (Å²) in [5.41, 5.74) is 2.36. The minimum absolute atomic E-state index is 0.0679. The SMILES string of the molecule is O=C(c1cc2ccc(Cl)cn2n1)N1CCc2occc2C1. The van der Waals surface area contributed by atoms with Crippen LogP contribution in [0.4, 0.5) is 0 Å². The fraction of sp³-hybridized carbons (Fsp3) is 0.200. The summed E-state index contributed by atoms with van der Waals surface area (Å²) in [6, 6.07) is 7.32. The minimum atomic E-state index is -0.0679. The lowest BCUT2D eigenvalue weighted by Crippen LogP contribution is -2.35. The number of hydrogen-bond donors (Lipinski definition) is 0. The second-order valence-electron chi connectivity index (χ2n) is 5.09. The van der Waals surface area contributed by atoms with E-state index in [1.165, 1.54) is 0 Å². The fourth-order valence-corrected chi connectivity index (χ4v) is 2.81. The molecule has 3 aromatic rings. The van der Waals surface area contributed by atoms with Crippen LogP contribution in [0.25, 0.3) is 5.52 Å². The third-order valence-corrected chi connectivity index (χ3v) is 3.96. The maximum absolute atomic E-state index is 12.6. The number of carbonyl (C=O) groups excluding carboxylic acids is 1. The molecule has 5 nitrogen and oxygen atoms in total. The lowest BCUT2D eigenvalue weighted by atomic mass is 10.1. The van der Waals surface area contributed by atoms with E-state index in [-0.39, 0.29) is 5.91 Å². The summed E-state index contributed by atoms with van der Waals surface area (Å²) < 4.78 is 7.01. The molecule has 0 atom stereocenters. The van der Waals surface area contributed by atoms with Crippen molar-refractivity contribution < 1.29 is 9.21 Å². The third kappa shape index (κ3) is 2.10. The standard InChI is InChI=1S/C15H12ClN3O2/c16-11-1-2-12-7-13(17-19(12)9-11)15(20)18-5-3-14-10(8-18)4-6-21-14/h1-2,4,6-7,9H,3,5,8H2. The quantitative estimate of drug-likeness (QED) is 0.694. The number of fused-ring (bicyclic) bond motifs is 2. The third-order valence-electron chi connectivity index (χ3n) is 3.74. The topological polar surface area (TPSA) is 50.8 Å². The van der Waals surface area contributed by atoms with E-state index >= 15 is 0 Å². The van der Waals surface area contributed by atoms with Crippen molar-refractivity contribution in [1.29, 1.82) is 0 Å². The van der Waals surface area contributed by atoms with Gasteiger partial charge in [-0.05, 0) is 24.3 Å². The molecule has 0 aromatic carbocycles. The van der Waals surface area contributed by atoms with E-state index in [1.807, 2.05) is 12.1 Å². The molecule has 0 unspecified atom stereocenters. The van der Waals surface area contributed by atoms with Gasteiger partial charge in [-0.3, -0.25) is 4.79 Å². The number of carbonyl (C=O) groups is 1. The van der Waals surface area contributed by atoms with E-state index in [9.17, 15) is 4.79 Å². The highest BCUT2D eigenvalue weighted by molar-refractivity contribution is 6.30. The number of pyridine rings is 1. The van der Waals surface area contributed by atoms with Crippen molar-refractivity contribution in [1.82, 2.24) is 14.5 Å². The van der Waals surface area contributed by atoms with Crippen molar-refractivity contribution in [2.45, 2.75) is 13.0 Å². The molecule has 1 amide bonds. The Balaban J connectivity index is 1.64. The Morgan fingerprint density at radius 3 is 3.14 bits per heavy atom. The van der Waals surface area contributed by atoms with Gasteiger partial charge in [-0.2, -0.15) is 5.10 Å². The molecular formula is C15H12ClN3O2. The normalized spacial score (nSPS) is 14.4. The molecule has 0 fully saturated rings. The first-order valence-corrected chi connectivity index (χ1v) is 7.08. The summed E-state index contributed by atoms with van der Waals surface area (Å²) in [7, 11) is 0. The number of rotatable bonds is 1. The molecule has 4 rings (SSSR count). The van der Waals surface area contributed by atoms with Gasteiger partial charge in [0.05, 0.1) is 16.8 Å². The van der Waals surface area contributed by atoms with E-state index in [4.69, 9.17) is 16.0 Å². The Bertz CT molecular complexity index is 836. The van der Waals surface area contributed by atoms with Crippen LogP contribution in [0.2, 0.25) is 5.02 Å². The van der Waals surface area contributed by atoms with E-state index < -0.39 is 0 Å². The molecule has 0 aliphatic carbocycles. The van der Waals surface area contributed by atoms with E-state index in [0.29, 0.717) is 23.8 Å². The minimum Gasteiger partial charge on any atom is -0.469 e. The van der Waals surface area contributed by atoms with E-state index in [2.05, 4.69) is 5.10 Å². The predicted octanol–water partition coefficient (Wildman–Crippen LogP) is 2.78. The van der Waals surface area contributed by atoms with Gasteiger partial charge in [-0.15, -0.1) is 0 Å². The van der Waals surface area contributed by atoms with Crippen molar-refractivity contribution in [2.75, 3.05) is 6.54 Å². The van der Waals surface area contributed by atoms with Crippen LogP contribution in [0, 0.1) is 0 Å². The summed E-state index contributed by atoms with van der Waals surface area (Å²) in [6.07, 6.45) is 4.11. The van der Waals surface area contributed by atoms with Crippen molar-refractivity contribution in [3.63, 3.8) is 0 Å². The molecule has 6 heteroatoms. The molecule has 0 saturated heterocycles. The average Bonchev–Trinajstić information content (AvgIpc) is 3.11. The van der Waals surface area contributed by atoms with Gasteiger partial charge in [0.15, 0.2) is 5.69 Å². The smallest absolute Gasteiger partial charge is 0.274 e. The second-order valence-corrected chi connectivity index (χ2v) is 5.53. The highest BCUT2D eigenvalue weighted by Crippen LogP contribution is 2.21. The summed E-state index contributed by atoms with van der Waals surface area (Å²) in [5.74, 6) is 0.905. The van der Waals surface area contributed by atoms with Crippen LogP contribution in [0.1, 0.15) is 21.8 Å². The number of nitrogens with zero attached hydrogens (tertiary/aromatic N) is 3. The fourth-order valence-electron chi connectivity index (χ4n) is 2.65. The van der Waals surface area contributed by atoms with Gasteiger partial charge in [0, 0.05) is 31.3 Å². The highest BCUT2D eigenvalue weighted by Gasteiger charge is 2.25. The van der Waals surface area contributed by atoms with Crippen molar-refractivity contribution in [3.05, 3.63) is 58.8 Å².